The van der Waals surface area contributed by atoms with Crippen LogP contribution in [0.25, 0.3) is 5.57 Å². The van der Waals surface area contributed by atoms with Crippen LogP contribution in [0.15, 0.2) is 60.7 Å². The minimum absolute atomic E-state index is 0.102. The molecule has 2 rings (SSSR count). The number of rotatable bonds is 6. The van der Waals surface area contributed by atoms with E-state index >= 15 is 0 Å². The molecule has 1 aliphatic heterocycles. The van der Waals surface area contributed by atoms with Gasteiger partial charge in [-0.3, -0.25) is 0 Å². The Morgan fingerprint density at radius 1 is 1.33 bits per heavy atom. The molecule has 0 aliphatic carbocycles. The van der Waals surface area contributed by atoms with Crippen molar-refractivity contribution >= 4 is 5.57 Å². The molecule has 0 amide bonds. The highest BCUT2D eigenvalue weighted by molar-refractivity contribution is 5.71. The Hall–Kier alpha value is -1.60. The van der Waals surface area contributed by atoms with Crippen molar-refractivity contribution in [3.63, 3.8) is 0 Å². The average Bonchev–Trinajstić information content (AvgIpc) is 2.92. The molecule has 21 heavy (non-hydrogen) atoms. The van der Waals surface area contributed by atoms with Gasteiger partial charge in [-0.25, -0.2) is 0 Å². The van der Waals surface area contributed by atoms with Crippen molar-refractivity contribution in [3.8, 4) is 0 Å². The zero-order valence-electron chi connectivity index (χ0n) is 13.2. The average molecular weight is 282 g/mol. The van der Waals surface area contributed by atoms with Crippen molar-refractivity contribution in [1.82, 2.24) is 0 Å². The number of unbranched alkanes of at least 4 members (excludes halogenated alkanes) is 1. The topological polar surface area (TPSA) is 9.23 Å². The summed E-state index contributed by atoms with van der Waals surface area (Å²) in [6, 6.07) is 10.7. The summed E-state index contributed by atoms with van der Waals surface area (Å²) in [5, 5.41) is 0. The molecular weight excluding hydrogens is 256 g/mol. The van der Waals surface area contributed by atoms with Crippen LogP contribution in [0.1, 0.15) is 38.7 Å². The molecule has 0 aromatic heterocycles. The maximum absolute atomic E-state index is 5.98. The molecule has 1 fully saturated rings. The fourth-order valence-electron chi connectivity index (χ4n) is 2.97. The number of allylic oxidation sites excluding steroid dienone is 2. The maximum atomic E-state index is 5.98. The van der Waals surface area contributed by atoms with E-state index in [2.05, 4.69) is 62.9 Å². The van der Waals surface area contributed by atoms with E-state index < -0.39 is 0 Å². The van der Waals surface area contributed by atoms with E-state index in [-0.39, 0.29) is 6.10 Å². The van der Waals surface area contributed by atoms with Gasteiger partial charge in [-0.15, -0.1) is 6.58 Å². The Kier molecular flexibility index (Phi) is 6.01. The first kappa shape index (κ1) is 15.8. The fourth-order valence-corrected chi connectivity index (χ4v) is 2.97. The van der Waals surface area contributed by atoms with Crippen molar-refractivity contribution in [2.24, 2.45) is 5.92 Å². The minimum Gasteiger partial charge on any atom is -0.369 e. The lowest BCUT2D eigenvalue weighted by Gasteiger charge is -2.18. The number of benzene rings is 1. The number of hydrogen-bond acceptors (Lipinski definition) is 1. The van der Waals surface area contributed by atoms with Crippen LogP contribution in [0.2, 0.25) is 0 Å². The first-order chi connectivity index (χ1) is 10.3. The second kappa shape index (κ2) is 7.99. The van der Waals surface area contributed by atoms with E-state index in [4.69, 9.17) is 4.74 Å². The van der Waals surface area contributed by atoms with Crippen LogP contribution in [0.4, 0.5) is 0 Å². The van der Waals surface area contributed by atoms with Gasteiger partial charge < -0.3 is 4.74 Å². The van der Waals surface area contributed by atoms with Gasteiger partial charge in [0.2, 0.25) is 0 Å². The lowest BCUT2D eigenvalue weighted by atomic mass is 9.86. The number of ether oxygens (including phenoxy) is 1. The molecule has 0 N–H and O–H groups in total. The van der Waals surface area contributed by atoms with Crippen LogP contribution in [0.5, 0.6) is 0 Å². The fraction of sp³-hybridized carbons (Fsp3) is 0.400. The molecule has 1 heterocycles. The highest BCUT2D eigenvalue weighted by atomic mass is 16.5. The SMILES string of the molecule is C=C[C@H]1CO[C@@H](/C=C/C)/C1=C(\CCCC)c1ccccc1. The van der Waals surface area contributed by atoms with Crippen LogP contribution in [0, 0.1) is 5.92 Å². The van der Waals surface area contributed by atoms with Gasteiger partial charge in [0.1, 0.15) is 0 Å². The molecule has 1 nitrogen and oxygen atoms in total. The quantitative estimate of drug-likeness (QED) is 0.634. The Morgan fingerprint density at radius 2 is 2.10 bits per heavy atom. The van der Waals surface area contributed by atoms with Crippen molar-refractivity contribution < 1.29 is 4.74 Å². The van der Waals surface area contributed by atoms with Crippen molar-refractivity contribution in [1.29, 1.82) is 0 Å². The van der Waals surface area contributed by atoms with Gasteiger partial charge in [-0.05, 0) is 36.5 Å². The molecular formula is C20H26O. The van der Waals surface area contributed by atoms with E-state index in [0.717, 1.165) is 13.0 Å². The Morgan fingerprint density at radius 3 is 2.71 bits per heavy atom. The Balaban J connectivity index is 2.49. The summed E-state index contributed by atoms with van der Waals surface area (Å²) in [6.07, 6.45) is 9.90. The smallest absolute Gasteiger partial charge is 0.0979 e. The number of hydrogen-bond donors (Lipinski definition) is 0. The molecule has 0 spiro atoms. The minimum atomic E-state index is 0.102. The standard InChI is InChI=1S/C20H26O/c1-4-7-14-18(17-12-9-8-10-13-17)20-16(6-3)15-21-19(20)11-5-2/h5-6,8-13,16,19H,3-4,7,14-15H2,1-2H3/b11-5+,20-18+/t16-,19-/m0/s1. The molecule has 1 heteroatoms. The molecule has 1 aromatic carbocycles. The summed E-state index contributed by atoms with van der Waals surface area (Å²) in [5.74, 6) is 0.332. The van der Waals surface area contributed by atoms with Crippen molar-refractivity contribution in [3.05, 3.63) is 66.3 Å². The normalized spacial score (nSPS) is 24.5. The van der Waals surface area contributed by atoms with Gasteiger partial charge in [0.05, 0.1) is 12.7 Å². The first-order valence-corrected chi connectivity index (χ1v) is 7.97. The second-order valence-electron chi connectivity index (χ2n) is 5.53. The molecule has 112 valence electrons. The lowest BCUT2D eigenvalue weighted by Crippen LogP contribution is -2.09. The molecule has 0 bridgehead atoms. The third kappa shape index (κ3) is 3.74. The molecule has 1 saturated heterocycles. The largest absolute Gasteiger partial charge is 0.369 e. The predicted molar refractivity (Wildman–Crippen MR) is 91.1 cm³/mol. The Bertz CT molecular complexity index is 510. The summed E-state index contributed by atoms with van der Waals surface area (Å²) in [6.45, 7) is 9.05. The maximum Gasteiger partial charge on any atom is 0.0979 e. The highest BCUT2D eigenvalue weighted by Crippen LogP contribution is 2.37. The highest BCUT2D eigenvalue weighted by Gasteiger charge is 2.30. The summed E-state index contributed by atoms with van der Waals surface area (Å²) in [4.78, 5) is 0. The van der Waals surface area contributed by atoms with E-state index in [1.165, 1.54) is 29.6 Å². The zero-order valence-corrected chi connectivity index (χ0v) is 13.2. The van der Waals surface area contributed by atoms with E-state index in [1.807, 2.05) is 6.08 Å². The molecule has 1 aromatic rings. The lowest BCUT2D eigenvalue weighted by molar-refractivity contribution is 0.150. The second-order valence-corrected chi connectivity index (χ2v) is 5.53. The van der Waals surface area contributed by atoms with Gasteiger partial charge in [0.15, 0.2) is 0 Å². The van der Waals surface area contributed by atoms with E-state index in [1.54, 1.807) is 0 Å². The van der Waals surface area contributed by atoms with Crippen LogP contribution in [0.3, 0.4) is 0 Å². The van der Waals surface area contributed by atoms with Crippen LogP contribution >= 0.6 is 0 Å². The van der Waals surface area contributed by atoms with Crippen LogP contribution in [-0.2, 0) is 4.74 Å². The zero-order chi connectivity index (χ0) is 15.1. The van der Waals surface area contributed by atoms with Gasteiger partial charge in [0.25, 0.3) is 0 Å². The first-order valence-electron chi connectivity index (χ1n) is 7.97. The molecule has 0 unspecified atom stereocenters. The van der Waals surface area contributed by atoms with Gasteiger partial charge in [-0.1, -0.05) is 61.9 Å². The summed E-state index contributed by atoms with van der Waals surface area (Å²) in [5.41, 5.74) is 4.18. The predicted octanol–water partition coefficient (Wildman–Crippen LogP) is 5.41. The van der Waals surface area contributed by atoms with Crippen molar-refractivity contribution in [2.75, 3.05) is 6.61 Å². The molecule has 0 saturated carbocycles. The summed E-state index contributed by atoms with van der Waals surface area (Å²) < 4.78 is 5.98. The monoisotopic (exact) mass is 282 g/mol. The third-order valence-corrected chi connectivity index (χ3v) is 4.06. The van der Waals surface area contributed by atoms with Crippen molar-refractivity contribution in [2.45, 2.75) is 39.2 Å². The van der Waals surface area contributed by atoms with Gasteiger partial charge >= 0.3 is 0 Å². The van der Waals surface area contributed by atoms with Gasteiger partial charge in [0, 0.05) is 5.92 Å². The molecule has 0 radical (unpaired) electrons. The van der Waals surface area contributed by atoms with Crippen LogP contribution < -0.4 is 0 Å². The Labute approximate surface area is 129 Å². The van der Waals surface area contributed by atoms with Gasteiger partial charge in [-0.2, -0.15) is 0 Å². The molecule has 2 atom stereocenters. The third-order valence-electron chi connectivity index (χ3n) is 4.06. The molecule has 1 aliphatic rings. The summed E-state index contributed by atoms with van der Waals surface area (Å²) in [7, 11) is 0. The van der Waals surface area contributed by atoms with E-state index in [0.29, 0.717) is 5.92 Å². The van der Waals surface area contributed by atoms with Crippen LogP contribution in [-0.4, -0.2) is 12.7 Å². The summed E-state index contributed by atoms with van der Waals surface area (Å²) >= 11 is 0. The van der Waals surface area contributed by atoms with E-state index in [9.17, 15) is 0 Å².